The van der Waals surface area contributed by atoms with Crippen molar-refractivity contribution >= 4 is 40.3 Å². The molecule has 12 heteroatoms. The smallest absolute Gasteiger partial charge is 0.357 e. The predicted octanol–water partition coefficient (Wildman–Crippen LogP) is 3.10. The minimum absolute atomic E-state index is 0.0362. The number of thiazole rings is 1. The molecule has 2 aliphatic heterocycles. The number of methoxy groups -OCH3 is 1. The zero-order chi connectivity index (χ0) is 26.8. The Morgan fingerprint density at radius 3 is 2.61 bits per heavy atom. The quantitative estimate of drug-likeness (QED) is 0.347. The molecule has 2 aromatic carbocycles. The lowest BCUT2D eigenvalue weighted by Crippen LogP contribution is -2.50. The van der Waals surface area contributed by atoms with Crippen molar-refractivity contribution in [2.24, 2.45) is 0 Å². The summed E-state index contributed by atoms with van der Waals surface area (Å²) in [5, 5.41) is 6.93. The molecule has 0 aliphatic carbocycles. The first-order valence-electron chi connectivity index (χ1n) is 11.8. The van der Waals surface area contributed by atoms with Crippen LogP contribution in [0.25, 0.3) is 0 Å². The second-order valence-electron chi connectivity index (χ2n) is 8.66. The Morgan fingerprint density at radius 1 is 1.13 bits per heavy atom. The molecule has 0 saturated carbocycles. The van der Waals surface area contributed by atoms with Gasteiger partial charge in [-0.3, -0.25) is 9.59 Å². The number of nitrogens with one attached hydrogen (secondary N) is 2. The molecule has 5 rings (SSSR count). The van der Waals surface area contributed by atoms with Gasteiger partial charge < -0.3 is 24.8 Å². The van der Waals surface area contributed by atoms with Crippen LogP contribution in [0.15, 0.2) is 53.9 Å². The van der Waals surface area contributed by atoms with Gasteiger partial charge in [-0.15, -0.1) is 11.3 Å². The van der Waals surface area contributed by atoms with Gasteiger partial charge in [-0.05, 0) is 23.3 Å². The Balaban J connectivity index is 1.45. The van der Waals surface area contributed by atoms with Gasteiger partial charge in [-0.1, -0.05) is 43.3 Å². The van der Waals surface area contributed by atoms with Crippen LogP contribution >= 0.6 is 11.3 Å². The lowest BCUT2D eigenvalue weighted by molar-refractivity contribution is -0.134. The van der Waals surface area contributed by atoms with Crippen molar-refractivity contribution in [2.75, 3.05) is 25.6 Å². The predicted molar refractivity (Wildman–Crippen MR) is 136 cm³/mol. The number of carbonyl (C=O) groups is 4. The molecule has 1 saturated heterocycles. The average Bonchev–Trinajstić information content (AvgIpc) is 3.52. The maximum absolute atomic E-state index is 13.7. The minimum Gasteiger partial charge on any atom is -0.486 e. The van der Waals surface area contributed by atoms with Gasteiger partial charge in [0.2, 0.25) is 5.91 Å². The zero-order valence-corrected chi connectivity index (χ0v) is 21.3. The number of benzene rings is 2. The monoisotopic (exact) mass is 536 g/mol. The number of esters is 1. The van der Waals surface area contributed by atoms with Crippen LogP contribution in [-0.2, 0) is 14.3 Å². The van der Waals surface area contributed by atoms with E-state index >= 15 is 0 Å². The van der Waals surface area contributed by atoms with E-state index in [1.807, 2.05) is 30.3 Å². The van der Waals surface area contributed by atoms with E-state index in [0.717, 1.165) is 21.8 Å². The Hall–Kier alpha value is -4.45. The Kier molecular flexibility index (Phi) is 6.97. The maximum Gasteiger partial charge on any atom is 0.357 e. The second-order valence-corrected chi connectivity index (χ2v) is 9.51. The van der Waals surface area contributed by atoms with E-state index in [-0.39, 0.29) is 10.8 Å². The Bertz CT molecular complexity index is 1390. The molecule has 11 nitrogen and oxygen atoms in total. The highest BCUT2D eigenvalue weighted by atomic mass is 32.1. The molecule has 0 radical (unpaired) electrons. The van der Waals surface area contributed by atoms with E-state index < -0.39 is 41.8 Å². The second kappa shape index (κ2) is 10.5. The zero-order valence-electron chi connectivity index (χ0n) is 20.5. The third-order valence-electron chi connectivity index (χ3n) is 6.35. The fourth-order valence-corrected chi connectivity index (χ4v) is 5.12. The highest BCUT2D eigenvalue weighted by Crippen LogP contribution is 2.36. The van der Waals surface area contributed by atoms with E-state index in [1.165, 1.54) is 12.5 Å². The third kappa shape index (κ3) is 4.77. The molecule has 1 fully saturated rings. The summed E-state index contributed by atoms with van der Waals surface area (Å²) >= 11 is 1.03. The van der Waals surface area contributed by atoms with Gasteiger partial charge in [0.25, 0.3) is 5.91 Å². The standard InChI is InChI=1S/C26H24N4O7S/c1-14(15-6-4-3-5-7-15)21(22(31)29-25-27-17(13-38-25)24(33)35-2)30-23(32)20(28-26(30)34)16-8-9-18-19(12-16)37-11-10-36-18/h3-9,12-14,20-21H,10-11H2,1-2H3,(H,28,34)(H,27,29,31)/t14-,20?,21-/m0/s1. The van der Waals surface area contributed by atoms with E-state index in [9.17, 15) is 19.2 Å². The van der Waals surface area contributed by atoms with Gasteiger partial charge in [-0.2, -0.15) is 0 Å². The van der Waals surface area contributed by atoms with Crippen LogP contribution in [0.2, 0.25) is 0 Å². The van der Waals surface area contributed by atoms with Crippen molar-refractivity contribution in [3.05, 3.63) is 70.7 Å². The number of rotatable bonds is 7. The summed E-state index contributed by atoms with van der Waals surface area (Å²) in [6.45, 7) is 2.56. The molecule has 4 amide bonds. The number of fused-ring (bicyclic) bond motifs is 1. The number of anilines is 1. The number of hydrogen-bond donors (Lipinski definition) is 2. The molecule has 0 bridgehead atoms. The fraction of sp³-hybridized carbons (Fsp3) is 0.269. The maximum atomic E-state index is 13.7. The molecule has 3 heterocycles. The first-order valence-corrected chi connectivity index (χ1v) is 12.7. The molecule has 196 valence electrons. The van der Waals surface area contributed by atoms with Crippen molar-refractivity contribution < 1.29 is 33.4 Å². The van der Waals surface area contributed by atoms with Gasteiger partial charge in [0.05, 0.1) is 7.11 Å². The SMILES string of the molecule is COC(=O)c1csc(NC(=O)[C@H]([C@@H](C)c2ccccc2)N2C(=O)NC(c3ccc4c(c3)OCCO4)C2=O)n1. The van der Waals surface area contributed by atoms with E-state index in [0.29, 0.717) is 30.3 Å². The van der Waals surface area contributed by atoms with Crippen LogP contribution in [0.4, 0.5) is 9.93 Å². The normalized spacial score (nSPS) is 17.9. The number of urea groups is 1. The molecule has 1 aromatic heterocycles. The molecule has 2 aliphatic rings. The van der Waals surface area contributed by atoms with Crippen molar-refractivity contribution in [3.8, 4) is 11.5 Å². The van der Waals surface area contributed by atoms with Gasteiger partial charge in [0.1, 0.15) is 25.3 Å². The number of ether oxygens (including phenoxy) is 3. The summed E-state index contributed by atoms with van der Waals surface area (Å²) in [5.74, 6) is -1.38. The Labute approximate surface area is 221 Å². The molecule has 2 N–H and O–H groups in total. The van der Waals surface area contributed by atoms with E-state index in [1.54, 1.807) is 25.1 Å². The van der Waals surface area contributed by atoms with Crippen molar-refractivity contribution in [1.29, 1.82) is 0 Å². The molecule has 3 aromatic rings. The van der Waals surface area contributed by atoms with Crippen LogP contribution in [0.5, 0.6) is 11.5 Å². The molecule has 1 unspecified atom stereocenters. The summed E-state index contributed by atoms with van der Waals surface area (Å²) in [7, 11) is 1.23. The largest absolute Gasteiger partial charge is 0.486 e. The van der Waals surface area contributed by atoms with Crippen LogP contribution in [-0.4, -0.2) is 60.1 Å². The van der Waals surface area contributed by atoms with Crippen LogP contribution in [0.3, 0.4) is 0 Å². The molecular weight excluding hydrogens is 512 g/mol. The topological polar surface area (TPSA) is 136 Å². The third-order valence-corrected chi connectivity index (χ3v) is 7.10. The number of nitrogens with zero attached hydrogens (tertiary/aromatic N) is 2. The van der Waals surface area contributed by atoms with Gasteiger partial charge in [0.15, 0.2) is 22.3 Å². The lowest BCUT2D eigenvalue weighted by Gasteiger charge is -2.29. The van der Waals surface area contributed by atoms with Crippen molar-refractivity contribution in [3.63, 3.8) is 0 Å². The van der Waals surface area contributed by atoms with Gasteiger partial charge in [0, 0.05) is 11.3 Å². The summed E-state index contributed by atoms with van der Waals surface area (Å²) in [6.07, 6.45) is 0. The van der Waals surface area contributed by atoms with Gasteiger partial charge in [-0.25, -0.2) is 19.5 Å². The van der Waals surface area contributed by atoms with Crippen LogP contribution < -0.4 is 20.1 Å². The summed E-state index contributed by atoms with van der Waals surface area (Å²) in [4.78, 5) is 57.3. The number of carbonyl (C=O) groups excluding carboxylic acids is 4. The molecular formula is C26H24N4O7S. The summed E-state index contributed by atoms with van der Waals surface area (Å²) < 4.78 is 15.8. The number of hydrogen-bond acceptors (Lipinski definition) is 9. The van der Waals surface area contributed by atoms with Crippen molar-refractivity contribution in [1.82, 2.24) is 15.2 Å². The molecule has 3 atom stereocenters. The lowest BCUT2D eigenvalue weighted by atomic mass is 9.91. The highest BCUT2D eigenvalue weighted by molar-refractivity contribution is 7.14. The molecule has 0 spiro atoms. The number of aromatic nitrogens is 1. The first kappa shape index (κ1) is 25.2. The summed E-state index contributed by atoms with van der Waals surface area (Å²) in [6, 6.07) is 11.2. The minimum atomic E-state index is -1.21. The number of amides is 4. The van der Waals surface area contributed by atoms with E-state index in [4.69, 9.17) is 9.47 Å². The van der Waals surface area contributed by atoms with Crippen LogP contribution in [0.1, 0.15) is 40.5 Å². The van der Waals surface area contributed by atoms with E-state index in [2.05, 4.69) is 20.4 Å². The number of imide groups is 1. The van der Waals surface area contributed by atoms with Gasteiger partial charge >= 0.3 is 12.0 Å². The Morgan fingerprint density at radius 2 is 1.87 bits per heavy atom. The van der Waals surface area contributed by atoms with Crippen LogP contribution in [0, 0.1) is 0 Å². The first-order chi connectivity index (χ1) is 18.4. The summed E-state index contributed by atoms with van der Waals surface area (Å²) in [5.41, 5.74) is 1.30. The molecule has 38 heavy (non-hydrogen) atoms. The highest BCUT2D eigenvalue weighted by Gasteiger charge is 2.47. The average molecular weight is 537 g/mol. The van der Waals surface area contributed by atoms with Crippen molar-refractivity contribution in [2.45, 2.75) is 24.9 Å². The fourth-order valence-electron chi connectivity index (χ4n) is 4.44.